The van der Waals surface area contributed by atoms with E-state index in [2.05, 4.69) is 22.5 Å². The zero-order chi connectivity index (χ0) is 18.5. The van der Waals surface area contributed by atoms with Gasteiger partial charge in [-0.1, -0.05) is 6.07 Å². The molecule has 3 aromatic rings. The summed E-state index contributed by atoms with van der Waals surface area (Å²) in [4.78, 5) is 13.5. The Hall–Kier alpha value is -2.80. The number of carbonyl (C=O) groups excluding carboxylic acids is 1. The van der Waals surface area contributed by atoms with Gasteiger partial charge in [-0.2, -0.15) is 5.10 Å². The maximum Gasteiger partial charge on any atom is 0.251 e. The number of ether oxygens (including phenoxy) is 2. The molecule has 0 atom stereocenters. The number of aromatic nitrogens is 2. The Morgan fingerprint density at radius 2 is 1.92 bits per heavy atom. The fourth-order valence-corrected chi connectivity index (χ4v) is 3.28. The number of hydrogen-bond donors (Lipinski definition) is 1. The van der Waals surface area contributed by atoms with Crippen molar-refractivity contribution in [1.82, 2.24) is 15.1 Å². The molecule has 7 heteroatoms. The Kier molecular flexibility index (Phi) is 5.58. The number of aryl methyl sites for hydroxylation is 1. The van der Waals surface area contributed by atoms with Crippen molar-refractivity contribution in [3.8, 4) is 22.1 Å². The summed E-state index contributed by atoms with van der Waals surface area (Å²) in [5.41, 5.74) is 2.52. The number of thiophene rings is 1. The molecule has 2 heterocycles. The van der Waals surface area contributed by atoms with Crippen LogP contribution < -0.4 is 14.8 Å². The molecule has 0 saturated carbocycles. The van der Waals surface area contributed by atoms with E-state index >= 15 is 0 Å². The molecule has 0 spiro atoms. The van der Waals surface area contributed by atoms with Crippen molar-refractivity contribution in [3.05, 3.63) is 53.0 Å². The lowest BCUT2D eigenvalue weighted by Crippen LogP contribution is -2.27. The molecule has 1 N–H and O–H groups in total. The average Bonchev–Trinajstić information content (AvgIpc) is 3.31. The van der Waals surface area contributed by atoms with Crippen LogP contribution in [0.4, 0.5) is 0 Å². The third-order valence-corrected chi connectivity index (χ3v) is 4.87. The van der Waals surface area contributed by atoms with Crippen LogP contribution in [0, 0.1) is 6.92 Å². The summed E-state index contributed by atoms with van der Waals surface area (Å²) in [5.74, 6) is 0.988. The van der Waals surface area contributed by atoms with E-state index in [1.54, 1.807) is 43.8 Å². The molecule has 0 unspecified atom stereocenters. The first-order valence-electron chi connectivity index (χ1n) is 8.20. The third kappa shape index (κ3) is 4.05. The minimum atomic E-state index is -0.175. The molecule has 0 bridgehead atoms. The van der Waals surface area contributed by atoms with Crippen molar-refractivity contribution in [1.29, 1.82) is 0 Å². The van der Waals surface area contributed by atoms with E-state index in [-0.39, 0.29) is 5.91 Å². The summed E-state index contributed by atoms with van der Waals surface area (Å²) in [5, 5.41) is 9.56. The van der Waals surface area contributed by atoms with Gasteiger partial charge >= 0.3 is 0 Å². The number of methoxy groups -OCH3 is 2. The monoisotopic (exact) mass is 371 g/mol. The highest BCUT2D eigenvalue weighted by molar-refractivity contribution is 7.13. The number of benzene rings is 1. The smallest absolute Gasteiger partial charge is 0.251 e. The van der Waals surface area contributed by atoms with Crippen LogP contribution in [0.15, 0.2) is 41.8 Å². The standard InChI is InChI=1S/C19H21N3O3S/c1-13-9-17(18-5-4-8-26-18)21-22(13)7-6-20-19(23)14-10-15(24-2)12-16(11-14)25-3/h4-5,8-12H,6-7H2,1-3H3,(H,20,23). The van der Waals surface area contributed by atoms with Gasteiger partial charge in [0.25, 0.3) is 5.91 Å². The van der Waals surface area contributed by atoms with Crippen molar-refractivity contribution >= 4 is 17.2 Å². The van der Waals surface area contributed by atoms with Gasteiger partial charge in [-0.15, -0.1) is 11.3 Å². The molecule has 1 aromatic carbocycles. The average molecular weight is 371 g/mol. The lowest BCUT2D eigenvalue weighted by molar-refractivity contribution is 0.0951. The van der Waals surface area contributed by atoms with Gasteiger partial charge < -0.3 is 14.8 Å². The Balaban J connectivity index is 1.62. The zero-order valence-corrected chi connectivity index (χ0v) is 15.8. The molecule has 0 aliphatic heterocycles. The maximum atomic E-state index is 12.4. The van der Waals surface area contributed by atoms with E-state index < -0.39 is 0 Å². The number of nitrogens with one attached hydrogen (secondary N) is 1. The van der Waals surface area contributed by atoms with E-state index in [0.29, 0.717) is 30.2 Å². The van der Waals surface area contributed by atoms with Crippen LogP contribution in [0.25, 0.3) is 10.6 Å². The van der Waals surface area contributed by atoms with Crippen molar-refractivity contribution < 1.29 is 14.3 Å². The predicted molar refractivity (Wildman–Crippen MR) is 102 cm³/mol. The minimum Gasteiger partial charge on any atom is -0.497 e. The van der Waals surface area contributed by atoms with Crippen molar-refractivity contribution in [3.63, 3.8) is 0 Å². The summed E-state index contributed by atoms with van der Waals surface area (Å²) >= 11 is 1.66. The SMILES string of the molecule is COc1cc(OC)cc(C(=O)NCCn2nc(-c3cccs3)cc2C)c1. The number of rotatable bonds is 7. The van der Waals surface area contributed by atoms with Gasteiger partial charge in [-0.25, -0.2) is 0 Å². The summed E-state index contributed by atoms with van der Waals surface area (Å²) in [6.07, 6.45) is 0. The molecule has 0 aliphatic rings. The molecular weight excluding hydrogens is 350 g/mol. The second-order valence-corrected chi connectivity index (χ2v) is 6.68. The minimum absolute atomic E-state index is 0.175. The molecule has 0 fully saturated rings. The molecule has 0 saturated heterocycles. The van der Waals surface area contributed by atoms with Crippen LogP contribution in [0.2, 0.25) is 0 Å². The number of hydrogen-bond acceptors (Lipinski definition) is 5. The van der Waals surface area contributed by atoms with Gasteiger partial charge in [0, 0.05) is 23.9 Å². The fourth-order valence-electron chi connectivity index (χ4n) is 2.60. The number of carbonyl (C=O) groups is 1. The summed E-state index contributed by atoms with van der Waals surface area (Å²) < 4.78 is 12.3. The van der Waals surface area contributed by atoms with Gasteiger partial charge in [-0.3, -0.25) is 9.48 Å². The van der Waals surface area contributed by atoms with Crippen LogP contribution in [-0.2, 0) is 6.54 Å². The molecule has 6 nitrogen and oxygen atoms in total. The summed E-state index contributed by atoms with van der Waals surface area (Å²) in [6, 6.07) is 11.2. The fraction of sp³-hybridized carbons (Fsp3) is 0.263. The second-order valence-electron chi connectivity index (χ2n) is 5.73. The van der Waals surface area contributed by atoms with Crippen molar-refractivity contribution in [2.75, 3.05) is 20.8 Å². The second kappa shape index (κ2) is 8.05. The van der Waals surface area contributed by atoms with Crippen LogP contribution in [0.5, 0.6) is 11.5 Å². The molecule has 136 valence electrons. The topological polar surface area (TPSA) is 65.4 Å². The summed E-state index contributed by atoms with van der Waals surface area (Å²) in [6.45, 7) is 3.09. The van der Waals surface area contributed by atoms with Gasteiger partial charge in [-0.05, 0) is 36.6 Å². The highest BCUT2D eigenvalue weighted by Gasteiger charge is 2.11. The molecule has 1 amide bonds. The van der Waals surface area contributed by atoms with E-state index in [0.717, 1.165) is 16.3 Å². The third-order valence-electron chi connectivity index (χ3n) is 3.98. The first kappa shape index (κ1) is 18.0. The van der Waals surface area contributed by atoms with E-state index in [9.17, 15) is 4.79 Å². The van der Waals surface area contributed by atoms with E-state index in [1.807, 2.05) is 23.1 Å². The molecule has 26 heavy (non-hydrogen) atoms. The van der Waals surface area contributed by atoms with Crippen LogP contribution in [-0.4, -0.2) is 36.5 Å². The van der Waals surface area contributed by atoms with Gasteiger partial charge in [0.15, 0.2) is 0 Å². The maximum absolute atomic E-state index is 12.4. The van der Waals surface area contributed by atoms with Crippen LogP contribution in [0.1, 0.15) is 16.1 Å². The Labute approximate surface area is 156 Å². The van der Waals surface area contributed by atoms with Gasteiger partial charge in [0.2, 0.25) is 0 Å². The lowest BCUT2D eigenvalue weighted by atomic mass is 10.2. The molecule has 2 aromatic heterocycles. The summed E-state index contributed by atoms with van der Waals surface area (Å²) in [7, 11) is 3.12. The Morgan fingerprint density at radius 1 is 1.19 bits per heavy atom. The molecule has 0 radical (unpaired) electrons. The van der Waals surface area contributed by atoms with E-state index in [1.165, 1.54) is 0 Å². The molecule has 0 aliphatic carbocycles. The first-order valence-corrected chi connectivity index (χ1v) is 9.08. The van der Waals surface area contributed by atoms with Crippen molar-refractivity contribution in [2.24, 2.45) is 0 Å². The highest BCUT2D eigenvalue weighted by atomic mass is 32.1. The Morgan fingerprint density at radius 3 is 2.54 bits per heavy atom. The number of nitrogens with zero attached hydrogens (tertiary/aromatic N) is 2. The molecule has 3 rings (SSSR count). The first-order chi connectivity index (χ1) is 12.6. The number of amides is 1. The van der Waals surface area contributed by atoms with Crippen LogP contribution >= 0.6 is 11.3 Å². The Bertz CT molecular complexity index is 865. The van der Waals surface area contributed by atoms with Crippen molar-refractivity contribution in [2.45, 2.75) is 13.5 Å². The highest BCUT2D eigenvalue weighted by Crippen LogP contribution is 2.24. The largest absolute Gasteiger partial charge is 0.497 e. The normalized spacial score (nSPS) is 10.6. The molecular formula is C19H21N3O3S. The van der Waals surface area contributed by atoms with Gasteiger partial charge in [0.05, 0.1) is 25.6 Å². The quantitative estimate of drug-likeness (QED) is 0.692. The van der Waals surface area contributed by atoms with Crippen LogP contribution in [0.3, 0.4) is 0 Å². The zero-order valence-electron chi connectivity index (χ0n) is 15.0. The van der Waals surface area contributed by atoms with Gasteiger partial charge in [0.1, 0.15) is 17.2 Å². The predicted octanol–water partition coefficient (Wildman–Crippen LogP) is 3.37. The lowest BCUT2D eigenvalue weighted by Gasteiger charge is -2.10. The van der Waals surface area contributed by atoms with E-state index in [4.69, 9.17) is 9.47 Å².